The Labute approximate surface area is 305 Å². The molecule has 0 saturated heterocycles. The molecule has 8 N–H and O–H groups in total. The molecule has 288 valence electrons. The number of aromatic hydroxyl groups is 2. The maximum atomic E-state index is 12.4. The molecule has 18 heteroatoms. The second-order valence-corrected chi connectivity index (χ2v) is 14.9. The molecular formula is C32H54FeN2O13P2. The van der Waals surface area contributed by atoms with E-state index >= 15 is 0 Å². The van der Waals surface area contributed by atoms with Crippen LogP contribution in [0.15, 0.2) is 36.4 Å². The van der Waals surface area contributed by atoms with Gasteiger partial charge in [0.1, 0.15) is 29.9 Å². The molecule has 0 aliphatic rings. The van der Waals surface area contributed by atoms with Gasteiger partial charge in [-0.05, 0) is 12.8 Å². The Kier molecular flexibility index (Phi) is 23.7. The fourth-order valence-electron chi connectivity index (χ4n) is 5.34. The summed E-state index contributed by atoms with van der Waals surface area (Å²) in [7, 11) is -7.81. The number of aliphatic hydroxyl groups is 2. The SMILES string of the molecule is C.COCCOCCC(=O)CCCCCC(CN(Cc1cccc(CO)c1O)CP(=O)(O)O)N(Cc1cccc(CO)c1O)CP(=O)(O)O.[Fe]. The molecule has 0 aliphatic heterocycles. The number of ether oxygens (including phenoxy) is 2. The molecule has 1 unspecified atom stereocenters. The minimum Gasteiger partial charge on any atom is -0.507 e. The average Bonchev–Trinajstić information content (AvgIpc) is 3.00. The van der Waals surface area contributed by atoms with Gasteiger partial charge in [-0.3, -0.25) is 23.7 Å². The number of carbonyl (C=O) groups is 1. The van der Waals surface area contributed by atoms with Crippen LogP contribution >= 0.6 is 15.2 Å². The number of hydrogen-bond donors (Lipinski definition) is 8. The third-order valence-electron chi connectivity index (χ3n) is 7.70. The minimum absolute atomic E-state index is 0. The number of para-hydroxylation sites is 2. The molecule has 0 amide bonds. The van der Waals surface area contributed by atoms with Crippen LogP contribution in [-0.4, -0.2) is 108 Å². The van der Waals surface area contributed by atoms with Gasteiger partial charge in [0, 0.05) is 85.0 Å². The van der Waals surface area contributed by atoms with Crippen molar-refractivity contribution in [3.8, 4) is 11.5 Å². The third-order valence-corrected chi connectivity index (χ3v) is 9.20. The maximum absolute atomic E-state index is 12.4. The van der Waals surface area contributed by atoms with Gasteiger partial charge in [0.05, 0.1) is 33.0 Å². The largest absolute Gasteiger partial charge is 0.507 e. The van der Waals surface area contributed by atoms with Crippen LogP contribution in [0.3, 0.4) is 0 Å². The summed E-state index contributed by atoms with van der Waals surface area (Å²) < 4.78 is 34.8. The number of ketones is 1. The minimum atomic E-state index is -4.70. The first kappa shape index (κ1) is 48.3. The summed E-state index contributed by atoms with van der Waals surface area (Å²) in [5.74, 6) is -0.445. The zero-order valence-corrected chi connectivity index (χ0v) is 30.5. The normalized spacial score (nSPS) is 12.5. The smallest absolute Gasteiger partial charge is 0.339 e. The second-order valence-electron chi connectivity index (χ2n) is 11.7. The Morgan fingerprint density at radius 3 is 1.82 bits per heavy atom. The predicted octanol–water partition coefficient (Wildman–Crippen LogP) is 3.23. The molecule has 2 aromatic carbocycles. The van der Waals surface area contributed by atoms with Gasteiger partial charge in [0.15, 0.2) is 0 Å². The first-order valence-electron chi connectivity index (χ1n) is 15.6. The number of methoxy groups -OCH3 is 1. The molecular weight excluding hydrogens is 738 g/mol. The van der Waals surface area contributed by atoms with Gasteiger partial charge in [-0.2, -0.15) is 0 Å². The van der Waals surface area contributed by atoms with Crippen molar-refractivity contribution in [1.29, 1.82) is 0 Å². The van der Waals surface area contributed by atoms with Crippen LogP contribution in [0.2, 0.25) is 0 Å². The molecule has 0 radical (unpaired) electrons. The predicted molar refractivity (Wildman–Crippen MR) is 184 cm³/mol. The Balaban J connectivity index is 0.0000120. The van der Waals surface area contributed by atoms with Crippen LogP contribution in [0, 0.1) is 0 Å². The van der Waals surface area contributed by atoms with Gasteiger partial charge in [0.25, 0.3) is 0 Å². The Morgan fingerprint density at radius 2 is 1.30 bits per heavy atom. The van der Waals surface area contributed by atoms with Crippen LogP contribution in [0.1, 0.15) is 68.2 Å². The summed E-state index contributed by atoms with van der Waals surface area (Å²) >= 11 is 0. The summed E-state index contributed by atoms with van der Waals surface area (Å²) in [6.45, 7) is -0.233. The number of hydrogen-bond acceptors (Lipinski definition) is 11. The van der Waals surface area contributed by atoms with E-state index in [1.165, 1.54) is 21.9 Å². The molecule has 2 aromatic rings. The van der Waals surface area contributed by atoms with Gasteiger partial charge in [0.2, 0.25) is 0 Å². The number of benzene rings is 2. The Hall–Kier alpha value is -1.71. The van der Waals surface area contributed by atoms with E-state index in [1.54, 1.807) is 31.4 Å². The van der Waals surface area contributed by atoms with Crippen molar-refractivity contribution in [2.75, 3.05) is 46.0 Å². The summed E-state index contributed by atoms with van der Waals surface area (Å²) in [5, 5.41) is 40.6. The van der Waals surface area contributed by atoms with Crippen molar-refractivity contribution in [1.82, 2.24) is 9.80 Å². The van der Waals surface area contributed by atoms with Gasteiger partial charge >= 0.3 is 15.2 Å². The van der Waals surface area contributed by atoms with Crippen molar-refractivity contribution >= 4 is 21.0 Å². The van der Waals surface area contributed by atoms with Crippen molar-refractivity contribution in [3.63, 3.8) is 0 Å². The molecule has 2 rings (SSSR count). The van der Waals surface area contributed by atoms with Crippen molar-refractivity contribution in [2.45, 2.75) is 78.3 Å². The van der Waals surface area contributed by atoms with Crippen molar-refractivity contribution in [3.05, 3.63) is 58.7 Å². The van der Waals surface area contributed by atoms with E-state index in [2.05, 4.69) is 0 Å². The van der Waals surface area contributed by atoms with Crippen LogP contribution < -0.4 is 0 Å². The zero-order chi connectivity index (χ0) is 35.7. The molecule has 15 nitrogen and oxygen atoms in total. The van der Waals surface area contributed by atoms with E-state index in [1.807, 2.05) is 0 Å². The number of aliphatic hydroxyl groups excluding tert-OH is 2. The first-order chi connectivity index (χ1) is 22.7. The van der Waals surface area contributed by atoms with Gasteiger partial charge < -0.3 is 49.5 Å². The van der Waals surface area contributed by atoms with E-state index in [9.17, 15) is 53.9 Å². The molecule has 0 saturated carbocycles. The van der Waals surface area contributed by atoms with Gasteiger partial charge in [-0.15, -0.1) is 0 Å². The van der Waals surface area contributed by atoms with Gasteiger partial charge in [-0.25, -0.2) is 0 Å². The van der Waals surface area contributed by atoms with E-state index in [0.717, 1.165) is 0 Å². The Morgan fingerprint density at radius 1 is 0.760 bits per heavy atom. The molecule has 0 bridgehead atoms. The number of nitrogens with zero attached hydrogens (tertiary/aromatic N) is 2. The number of phenols is 2. The number of unbranched alkanes of at least 4 members (excludes halogenated alkanes) is 2. The first-order valence-corrected chi connectivity index (χ1v) is 19.2. The molecule has 50 heavy (non-hydrogen) atoms. The van der Waals surface area contributed by atoms with Crippen LogP contribution in [0.5, 0.6) is 11.5 Å². The zero-order valence-electron chi connectivity index (χ0n) is 27.6. The molecule has 1 atom stereocenters. The van der Waals surface area contributed by atoms with E-state index in [0.29, 0.717) is 45.3 Å². The summed E-state index contributed by atoms with van der Waals surface area (Å²) in [6, 6.07) is 8.54. The fraction of sp³-hybridized carbons (Fsp3) is 0.594. The molecule has 0 aromatic heterocycles. The standard InChI is InChI=1S/C31H50N2O13P2.CH4.Fe/c1-45-15-16-46-14-13-29(36)12-4-2-3-11-28(33(23-48(42,43)44)18-25-8-6-10-27(21-35)31(25)38)19-32(22-47(39,40)41)17-24-7-5-9-26(20-34)30(24)37;;/h5-10,28,34-35,37-38H,2-4,11-23H2,1H3,(H2,39,40,41)(H2,42,43,44);1H4;. The quantitative estimate of drug-likeness (QED) is 0.0409. The van der Waals surface area contributed by atoms with Crippen molar-refractivity contribution < 1.29 is 80.5 Å². The fourth-order valence-corrected chi connectivity index (χ4v) is 6.89. The maximum Gasteiger partial charge on any atom is 0.339 e. The summed E-state index contributed by atoms with van der Waals surface area (Å²) in [4.78, 5) is 55.1. The van der Waals surface area contributed by atoms with E-state index in [4.69, 9.17) is 9.47 Å². The molecule has 0 heterocycles. The summed E-state index contributed by atoms with van der Waals surface area (Å²) in [5.41, 5.74) is 1.01. The average molecular weight is 793 g/mol. The summed E-state index contributed by atoms with van der Waals surface area (Å²) in [6.07, 6.45) is 1.04. The van der Waals surface area contributed by atoms with Gasteiger partial charge in [-0.1, -0.05) is 56.7 Å². The topological polar surface area (TPSA) is 238 Å². The van der Waals surface area contributed by atoms with Crippen LogP contribution in [0.25, 0.3) is 0 Å². The number of Topliss-reactive ketones (excluding diaryl/α,β-unsaturated/α-hetero) is 1. The second kappa shape index (κ2) is 24.5. The molecule has 0 aliphatic carbocycles. The monoisotopic (exact) mass is 792 g/mol. The Bertz CT molecular complexity index is 1380. The van der Waals surface area contributed by atoms with Crippen molar-refractivity contribution in [2.24, 2.45) is 0 Å². The van der Waals surface area contributed by atoms with Crippen LogP contribution in [-0.2, 0) is 66.8 Å². The van der Waals surface area contributed by atoms with E-state index < -0.39 is 47.0 Å². The number of rotatable bonds is 25. The molecule has 0 spiro atoms. The van der Waals surface area contributed by atoms with E-state index in [-0.39, 0.29) is 96.7 Å². The number of carbonyl (C=O) groups excluding carboxylic acids is 1. The van der Waals surface area contributed by atoms with Crippen LogP contribution in [0.4, 0.5) is 0 Å². The molecule has 0 fully saturated rings. The third kappa shape index (κ3) is 18.7.